The maximum Gasteiger partial charge on any atom is 0.285 e. The number of para-hydroxylation sites is 1. The molecule has 0 aromatic heterocycles. The fraction of sp³-hybridized carbons (Fsp3) is 0.300. The number of carbonyl (C=O) groups is 1. The highest BCUT2D eigenvalue weighted by Gasteiger charge is 2.48. The Morgan fingerprint density at radius 3 is 2.46 bits per heavy atom. The first-order chi connectivity index (χ1) is 13.5. The minimum Gasteiger partial charge on any atom is -0.484 e. The molecule has 0 saturated carbocycles. The van der Waals surface area contributed by atoms with Gasteiger partial charge in [-0.3, -0.25) is 4.79 Å². The minimum absolute atomic E-state index is 0.0877. The first-order valence-corrected chi connectivity index (χ1v) is 11.7. The summed E-state index contributed by atoms with van der Waals surface area (Å²) in [6, 6.07) is 18.7. The molecule has 0 N–H and O–H groups in total. The Bertz CT molecular complexity index is 978. The number of ether oxygens (including phenoxy) is 1. The standard InChI is InChI=1S/C20H20N2O4S2/c23-19(12-26-16-9-5-2-6-10-16)21-20-22(11-15-7-3-1-4-8-15)17-13-28(24,25)14-18(17)27-20/h1-10,17-18H,11-14H2/t17-,18-/m0/s1. The van der Waals surface area contributed by atoms with Crippen LogP contribution in [-0.4, -0.2) is 53.8 Å². The lowest BCUT2D eigenvalue weighted by Crippen LogP contribution is -2.37. The van der Waals surface area contributed by atoms with Crippen LogP contribution in [0.3, 0.4) is 0 Å². The van der Waals surface area contributed by atoms with Gasteiger partial charge in [0.15, 0.2) is 21.6 Å². The van der Waals surface area contributed by atoms with E-state index >= 15 is 0 Å². The molecule has 2 aromatic rings. The quantitative estimate of drug-likeness (QED) is 0.745. The third-order valence-electron chi connectivity index (χ3n) is 4.70. The number of sulfone groups is 1. The molecule has 2 aliphatic rings. The van der Waals surface area contributed by atoms with Gasteiger partial charge < -0.3 is 9.64 Å². The predicted octanol–water partition coefficient (Wildman–Crippen LogP) is 2.36. The molecule has 146 valence electrons. The fourth-order valence-electron chi connectivity index (χ4n) is 3.40. The maximum absolute atomic E-state index is 12.3. The van der Waals surface area contributed by atoms with Gasteiger partial charge in [0.2, 0.25) is 0 Å². The second kappa shape index (κ2) is 7.97. The molecule has 2 saturated heterocycles. The largest absolute Gasteiger partial charge is 0.484 e. The number of rotatable bonds is 5. The Balaban J connectivity index is 1.50. The highest BCUT2D eigenvalue weighted by molar-refractivity contribution is 8.15. The molecule has 1 amide bonds. The van der Waals surface area contributed by atoms with E-state index < -0.39 is 9.84 Å². The molecule has 8 heteroatoms. The van der Waals surface area contributed by atoms with Crippen LogP contribution >= 0.6 is 11.8 Å². The van der Waals surface area contributed by atoms with E-state index in [0.717, 1.165) is 5.56 Å². The molecule has 2 atom stereocenters. The van der Waals surface area contributed by atoms with Crippen LogP contribution in [0.2, 0.25) is 0 Å². The van der Waals surface area contributed by atoms with Crippen molar-refractivity contribution in [3.63, 3.8) is 0 Å². The second-order valence-electron chi connectivity index (χ2n) is 6.80. The Morgan fingerprint density at radius 1 is 1.07 bits per heavy atom. The fourth-order valence-corrected chi connectivity index (χ4v) is 7.37. The predicted molar refractivity (Wildman–Crippen MR) is 110 cm³/mol. The molecule has 4 rings (SSSR count). The normalized spacial score (nSPS) is 24.3. The lowest BCUT2D eigenvalue weighted by Gasteiger charge is -2.24. The first-order valence-electron chi connectivity index (χ1n) is 8.97. The molecule has 0 spiro atoms. The second-order valence-corrected chi connectivity index (χ2v) is 10.2. The van der Waals surface area contributed by atoms with Crippen molar-refractivity contribution in [1.29, 1.82) is 0 Å². The number of carbonyl (C=O) groups excluding carboxylic acids is 1. The lowest BCUT2D eigenvalue weighted by molar-refractivity contribution is -0.119. The van der Waals surface area contributed by atoms with Crippen LogP contribution < -0.4 is 4.74 Å². The third kappa shape index (κ3) is 4.39. The molecule has 2 aliphatic heterocycles. The molecule has 0 bridgehead atoms. The summed E-state index contributed by atoms with van der Waals surface area (Å²) in [5.41, 5.74) is 1.05. The summed E-state index contributed by atoms with van der Waals surface area (Å²) in [6.45, 7) is 0.372. The van der Waals surface area contributed by atoms with Crippen LogP contribution in [0.15, 0.2) is 65.7 Å². The third-order valence-corrected chi connectivity index (χ3v) is 7.94. The molecular weight excluding hydrogens is 396 g/mol. The van der Waals surface area contributed by atoms with Gasteiger partial charge >= 0.3 is 0 Å². The molecule has 28 heavy (non-hydrogen) atoms. The van der Waals surface area contributed by atoms with Crippen LogP contribution in [0, 0.1) is 0 Å². The number of aliphatic imine (C=N–C) groups is 1. The van der Waals surface area contributed by atoms with Crippen molar-refractivity contribution >= 4 is 32.7 Å². The van der Waals surface area contributed by atoms with Crippen LogP contribution in [0.4, 0.5) is 0 Å². The van der Waals surface area contributed by atoms with E-state index in [4.69, 9.17) is 4.74 Å². The number of thioether (sulfide) groups is 1. The number of amides is 1. The number of nitrogens with zero attached hydrogens (tertiary/aromatic N) is 2. The van der Waals surface area contributed by atoms with Gasteiger partial charge in [-0.2, -0.15) is 4.99 Å². The Kier molecular flexibility index (Phi) is 5.41. The SMILES string of the molecule is O=C(COc1ccccc1)N=C1S[C@H]2CS(=O)(=O)C[C@@H]2N1Cc1ccccc1. The van der Waals surface area contributed by atoms with Gasteiger partial charge in [0.1, 0.15) is 5.75 Å². The van der Waals surface area contributed by atoms with Crippen LogP contribution in [0.5, 0.6) is 5.75 Å². The summed E-state index contributed by atoms with van der Waals surface area (Å²) in [4.78, 5) is 18.5. The van der Waals surface area contributed by atoms with Gasteiger partial charge in [-0.1, -0.05) is 60.3 Å². The number of fused-ring (bicyclic) bond motifs is 1. The maximum atomic E-state index is 12.3. The summed E-state index contributed by atoms with van der Waals surface area (Å²) in [6.07, 6.45) is 0. The van der Waals surface area contributed by atoms with Gasteiger partial charge in [-0.05, 0) is 17.7 Å². The topological polar surface area (TPSA) is 76.0 Å². The van der Waals surface area contributed by atoms with E-state index in [0.29, 0.717) is 17.5 Å². The van der Waals surface area contributed by atoms with E-state index in [1.165, 1.54) is 11.8 Å². The van der Waals surface area contributed by atoms with Crippen LogP contribution in [0.25, 0.3) is 0 Å². The summed E-state index contributed by atoms with van der Waals surface area (Å²) >= 11 is 1.38. The molecule has 0 aliphatic carbocycles. The molecule has 2 aromatic carbocycles. The number of hydrogen-bond donors (Lipinski definition) is 0. The molecule has 2 fully saturated rings. The summed E-state index contributed by atoms with van der Waals surface area (Å²) in [5, 5.41) is 0.491. The summed E-state index contributed by atoms with van der Waals surface area (Å²) in [7, 11) is -3.06. The Morgan fingerprint density at radius 2 is 1.75 bits per heavy atom. The molecule has 2 heterocycles. The van der Waals surface area contributed by atoms with Crippen molar-refractivity contribution < 1.29 is 17.9 Å². The van der Waals surface area contributed by atoms with Crippen molar-refractivity contribution in [2.24, 2.45) is 4.99 Å². The number of amidine groups is 1. The van der Waals surface area contributed by atoms with Crippen LogP contribution in [0.1, 0.15) is 5.56 Å². The van der Waals surface area contributed by atoms with Gasteiger partial charge in [-0.25, -0.2) is 8.42 Å². The van der Waals surface area contributed by atoms with Gasteiger partial charge in [0.25, 0.3) is 5.91 Å². The first kappa shape index (κ1) is 19.0. The average Bonchev–Trinajstić information content (AvgIpc) is 3.14. The number of hydrogen-bond acceptors (Lipinski definition) is 5. The zero-order valence-electron chi connectivity index (χ0n) is 15.1. The van der Waals surface area contributed by atoms with E-state index in [-0.39, 0.29) is 35.3 Å². The van der Waals surface area contributed by atoms with Crippen molar-refractivity contribution in [3.8, 4) is 5.75 Å². The van der Waals surface area contributed by atoms with E-state index in [1.54, 1.807) is 12.1 Å². The Hall–Kier alpha value is -2.32. The van der Waals surface area contributed by atoms with E-state index in [1.807, 2.05) is 53.4 Å². The zero-order valence-corrected chi connectivity index (χ0v) is 16.7. The summed E-state index contributed by atoms with van der Waals surface area (Å²) < 4.78 is 29.6. The highest BCUT2D eigenvalue weighted by atomic mass is 32.2. The number of benzene rings is 2. The van der Waals surface area contributed by atoms with Crippen molar-refractivity contribution in [2.45, 2.75) is 17.8 Å². The average molecular weight is 417 g/mol. The summed E-state index contributed by atoms with van der Waals surface area (Å²) in [5.74, 6) is 0.457. The molecule has 0 radical (unpaired) electrons. The molecule has 0 unspecified atom stereocenters. The molecule has 6 nitrogen and oxygen atoms in total. The Labute approximate surface area is 168 Å². The minimum atomic E-state index is -3.06. The van der Waals surface area contributed by atoms with E-state index in [9.17, 15) is 13.2 Å². The van der Waals surface area contributed by atoms with Crippen molar-refractivity contribution in [2.75, 3.05) is 18.1 Å². The van der Waals surface area contributed by atoms with Crippen molar-refractivity contribution in [1.82, 2.24) is 4.90 Å². The zero-order chi connectivity index (χ0) is 19.6. The monoisotopic (exact) mass is 416 g/mol. The van der Waals surface area contributed by atoms with Crippen LogP contribution in [-0.2, 0) is 21.2 Å². The van der Waals surface area contributed by atoms with E-state index in [2.05, 4.69) is 4.99 Å². The smallest absolute Gasteiger partial charge is 0.285 e. The van der Waals surface area contributed by atoms with Gasteiger partial charge in [-0.15, -0.1) is 0 Å². The molecular formula is C20H20N2O4S2. The van der Waals surface area contributed by atoms with Gasteiger partial charge in [0, 0.05) is 11.8 Å². The van der Waals surface area contributed by atoms with Gasteiger partial charge in [0.05, 0.1) is 17.5 Å². The lowest BCUT2D eigenvalue weighted by atomic mass is 10.1. The van der Waals surface area contributed by atoms with Crippen molar-refractivity contribution in [3.05, 3.63) is 66.2 Å². The highest BCUT2D eigenvalue weighted by Crippen LogP contribution is 2.39.